The first-order chi connectivity index (χ1) is 22.2. The zero-order chi connectivity index (χ0) is 34.4. The number of nitrogens with zero attached hydrogens (tertiary/aromatic N) is 1. The Morgan fingerprint density at radius 2 is 1.28 bits per heavy atom. The Morgan fingerprint density at radius 1 is 0.674 bits per heavy atom. The molecule has 0 aromatic rings. The number of carbonyl (C=O) groups is 3. The molecule has 0 saturated heterocycles. The minimum absolute atomic E-state index is 0.0476. The lowest BCUT2D eigenvalue weighted by Gasteiger charge is -2.22. The Hall–Kier alpha value is -2.40. The van der Waals surface area contributed by atoms with Crippen LogP contribution in [-0.2, 0) is 28.6 Å². The van der Waals surface area contributed by atoms with Crippen molar-refractivity contribution in [2.75, 3.05) is 26.4 Å². The van der Waals surface area contributed by atoms with Crippen LogP contribution in [0, 0.1) is 11.8 Å². The van der Waals surface area contributed by atoms with Gasteiger partial charge < -0.3 is 36.1 Å². The molecule has 11 heteroatoms. The molecule has 0 heterocycles. The van der Waals surface area contributed by atoms with Gasteiger partial charge in [-0.1, -0.05) is 85.5 Å². The van der Waals surface area contributed by atoms with Crippen molar-refractivity contribution in [3.8, 4) is 0 Å². The number of rotatable bonds is 31. The van der Waals surface area contributed by atoms with Crippen LogP contribution in [0.15, 0.2) is 4.99 Å². The molecule has 0 radical (unpaired) electrons. The lowest BCUT2D eigenvalue weighted by molar-refractivity contribution is -0.151. The molecule has 4 atom stereocenters. The topological polar surface area (TPSA) is 176 Å². The minimum Gasteiger partial charge on any atom is -0.465 e. The van der Waals surface area contributed by atoms with E-state index < -0.39 is 18.3 Å². The number of ether oxygens (including phenoxy) is 3. The molecule has 0 fully saturated rings. The number of nitrogens with two attached hydrogens (primary N) is 2. The van der Waals surface area contributed by atoms with Gasteiger partial charge in [0, 0.05) is 25.5 Å². The van der Waals surface area contributed by atoms with Gasteiger partial charge in [0.1, 0.15) is 6.04 Å². The molecule has 0 aliphatic carbocycles. The summed E-state index contributed by atoms with van der Waals surface area (Å²) in [7, 11) is 0. The number of aliphatic imine (C=N–C) groups is 1. The van der Waals surface area contributed by atoms with E-state index in [1.165, 1.54) is 6.42 Å². The van der Waals surface area contributed by atoms with Gasteiger partial charge in [0.2, 0.25) is 5.91 Å². The molecule has 6 N–H and O–H groups in total. The van der Waals surface area contributed by atoms with Crippen LogP contribution in [0.5, 0.6) is 0 Å². The van der Waals surface area contributed by atoms with Crippen molar-refractivity contribution < 1.29 is 33.7 Å². The van der Waals surface area contributed by atoms with Gasteiger partial charge in [-0.15, -0.1) is 0 Å². The van der Waals surface area contributed by atoms with Gasteiger partial charge in [-0.25, -0.2) is 4.79 Å². The van der Waals surface area contributed by atoms with Gasteiger partial charge >= 0.3 is 11.9 Å². The first-order valence-electron chi connectivity index (χ1n) is 18.2. The highest BCUT2D eigenvalue weighted by atomic mass is 16.6. The number of aliphatic hydroxyl groups excluding tert-OH is 1. The fourth-order valence-electron chi connectivity index (χ4n) is 5.34. The van der Waals surface area contributed by atoms with Crippen molar-refractivity contribution in [1.29, 1.82) is 0 Å². The summed E-state index contributed by atoms with van der Waals surface area (Å²) in [4.78, 5) is 41.8. The summed E-state index contributed by atoms with van der Waals surface area (Å²) < 4.78 is 16.6. The number of hydrogen-bond acceptors (Lipinski definition) is 8. The first kappa shape index (κ1) is 43.6. The molecule has 0 rings (SSSR count). The molecule has 0 aromatic carbocycles. The molecular formula is C35H68N4O7. The fraction of sp³-hybridized carbons (Fsp3) is 0.886. The van der Waals surface area contributed by atoms with Crippen LogP contribution >= 0.6 is 0 Å². The van der Waals surface area contributed by atoms with Gasteiger partial charge in [0.15, 0.2) is 12.2 Å². The number of aliphatic hydroxyl groups is 1. The maximum absolute atomic E-state index is 12.8. The predicted octanol–water partition coefficient (Wildman–Crippen LogP) is 5.89. The number of unbranched alkanes of at least 4 members (excludes halogenated alkanes) is 7. The van der Waals surface area contributed by atoms with Crippen LogP contribution in [0.3, 0.4) is 0 Å². The molecular weight excluding hydrogens is 588 g/mol. The van der Waals surface area contributed by atoms with Crippen LogP contribution in [-0.4, -0.2) is 67.6 Å². The highest BCUT2D eigenvalue weighted by Crippen LogP contribution is 2.21. The van der Waals surface area contributed by atoms with Gasteiger partial charge in [-0.05, 0) is 57.8 Å². The van der Waals surface area contributed by atoms with Crippen LogP contribution in [0.4, 0.5) is 0 Å². The monoisotopic (exact) mass is 657 g/mol. The standard InChI is InChI=1S/C35H68N4O7/c1-5-9-12-20-28(18-7-3)32(41)44-25-15-11-14-22-31(40)39-30(23-24-38-35(36)37)34(43)46-27-17-16-26-45-33(42)29(19-8-4)21-13-10-6-2/h28-30,32,41H,5-27H2,1-4H3,(H,39,40)(H4,36,37,38)/t28?,29?,30-,32?/m0/s1. The van der Waals surface area contributed by atoms with E-state index in [0.29, 0.717) is 25.9 Å². The normalized spacial score (nSPS) is 13.8. The highest BCUT2D eigenvalue weighted by Gasteiger charge is 2.23. The molecule has 11 nitrogen and oxygen atoms in total. The van der Waals surface area contributed by atoms with Crippen LogP contribution in [0.1, 0.15) is 150 Å². The van der Waals surface area contributed by atoms with E-state index in [4.69, 9.17) is 25.7 Å². The SMILES string of the molecule is CCCCCC(CCC)C(=O)OCCCCOC(=O)[C@H](CCN=C(N)N)NC(=O)CCCCCOC(O)C(CCC)CCCCC. The quantitative estimate of drug-likeness (QED) is 0.0233. The van der Waals surface area contributed by atoms with E-state index in [-0.39, 0.29) is 62.3 Å². The van der Waals surface area contributed by atoms with E-state index in [1.807, 2.05) is 0 Å². The molecule has 0 saturated carbocycles. The Bertz CT molecular complexity index is 808. The van der Waals surface area contributed by atoms with E-state index in [0.717, 1.165) is 83.5 Å². The molecule has 46 heavy (non-hydrogen) atoms. The van der Waals surface area contributed by atoms with Gasteiger partial charge in [-0.3, -0.25) is 14.6 Å². The Balaban J connectivity index is 4.48. The smallest absolute Gasteiger partial charge is 0.328 e. The summed E-state index contributed by atoms with van der Waals surface area (Å²) in [6, 6.07) is -0.868. The largest absolute Gasteiger partial charge is 0.465 e. The third kappa shape index (κ3) is 23.9. The number of amides is 1. The van der Waals surface area contributed by atoms with E-state index in [1.54, 1.807) is 0 Å². The summed E-state index contributed by atoms with van der Waals surface area (Å²) in [5.74, 6) is -0.903. The zero-order valence-corrected chi connectivity index (χ0v) is 29.6. The van der Waals surface area contributed by atoms with Crippen molar-refractivity contribution in [1.82, 2.24) is 5.32 Å². The summed E-state index contributed by atoms with van der Waals surface area (Å²) in [5.41, 5.74) is 10.8. The molecule has 0 aliphatic heterocycles. The molecule has 0 aromatic heterocycles. The molecule has 1 amide bonds. The van der Waals surface area contributed by atoms with Gasteiger partial charge in [0.05, 0.1) is 19.1 Å². The fourth-order valence-corrected chi connectivity index (χ4v) is 5.34. The Labute approximate surface area is 279 Å². The molecule has 0 aliphatic rings. The maximum Gasteiger partial charge on any atom is 0.328 e. The van der Waals surface area contributed by atoms with Gasteiger partial charge in [0.25, 0.3) is 0 Å². The van der Waals surface area contributed by atoms with Crippen LogP contribution in [0.25, 0.3) is 0 Å². The highest BCUT2D eigenvalue weighted by molar-refractivity contribution is 5.84. The molecule has 0 spiro atoms. The lowest BCUT2D eigenvalue weighted by Crippen LogP contribution is -2.42. The van der Waals surface area contributed by atoms with Crippen molar-refractivity contribution in [3.63, 3.8) is 0 Å². The lowest BCUT2D eigenvalue weighted by atomic mass is 9.96. The third-order valence-electron chi connectivity index (χ3n) is 8.06. The van der Waals surface area contributed by atoms with Crippen LogP contribution in [0.2, 0.25) is 0 Å². The summed E-state index contributed by atoms with van der Waals surface area (Å²) >= 11 is 0. The molecule has 270 valence electrons. The summed E-state index contributed by atoms with van der Waals surface area (Å²) in [6.07, 6.45) is 15.3. The first-order valence-corrected chi connectivity index (χ1v) is 18.2. The zero-order valence-electron chi connectivity index (χ0n) is 29.6. The second-order valence-electron chi connectivity index (χ2n) is 12.4. The number of carbonyl (C=O) groups excluding carboxylic acids is 3. The second kappa shape index (κ2) is 30.0. The van der Waals surface area contributed by atoms with Crippen molar-refractivity contribution in [2.45, 2.75) is 162 Å². The van der Waals surface area contributed by atoms with Crippen LogP contribution < -0.4 is 16.8 Å². The van der Waals surface area contributed by atoms with Crippen molar-refractivity contribution >= 4 is 23.8 Å². The van der Waals surface area contributed by atoms with Crippen molar-refractivity contribution in [2.24, 2.45) is 28.3 Å². The third-order valence-corrected chi connectivity index (χ3v) is 8.06. The average molecular weight is 657 g/mol. The Morgan fingerprint density at radius 3 is 1.89 bits per heavy atom. The average Bonchev–Trinajstić information content (AvgIpc) is 3.02. The molecule has 3 unspecified atom stereocenters. The molecule has 0 bridgehead atoms. The summed E-state index contributed by atoms with van der Waals surface area (Å²) in [6.45, 7) is 9.57. The maximum atomic E-state index is 12.8. The summed E-state index contributed by atoms with van der Waals surface area (Å²) in [5, 5.41) is 13.2. The minimum atomic E-state index is -0.868. The number of nitrogens with one attached hydrogen (secondary N) is 1. The second-order valence-corrected chi connectivity index (χ2v) is 12.4. The number of guanidine groups is 1. The number of esters is 2. The predicted molar refractivity (Wildman–Crippen MR) is 184 cm³/mol. The van der Waals surface area contributed by atoms with Crippen molar-refractivity contribution in [3.05, 3.63) is 0 Å². The van der Waals surface area contributed by atoms with Gasteiger partial charge in [-0.2, -0.15) is 0 Å². The Kier molecular flexibility index (Phi) is 28.4. The van der Waals surface area contributed by atoms with E-state index in [9.17, 15) is 19.5 Å². The van der Waals surface area contributed by atoms with E-state index >= 15 is 0 Å². The van der Waals surface area contributed by atoms with E-state index in [2.05, 4.69) is 38.0 Å². The number of hydrogen-bond donors (Lipinski definition) is 4.